The predicted octanol–water partition coefficient (Wildman–Crippen LogP) is 14.9. The van der Waals surface area contributed by atoms with Crippen LogP contribution < -0.4 is 0 Å². The van der Waals surface area contributed by atoms with Crippen LogP contribution in [0.15, 0.2) is 89.4 Å². The van der Waals surface area contributed by atoms with E-state index in [1.54, 1.807) is 18.2 Å². The van der Waals surface area contributed by atoms with E-state index in [1.165, 1.54) is 56.3 Å². The van der Waals surface area contributed by atoms with Gasteiger partial charge in [0, 0.05) is 15.6 Å². The van der Waals surface area contributed by atoms with Crippen LogP contribution in [-0.2, 0) is 35.0 Å². The smallest absolute Gasteiger partial charge is 0.427 e. The molecular weight excluding hydrogens is 1080 g/mol. The van der Waals surface area contributed by atoms with Crippen molar-refractivity contribution in [2.45, 2.75) is 101 Å². The molecule has 0 radical (unpaired) electrons. The van der Waals surface area contributed by atoms with E-state index in [0.29, 0.717) is 38.1 Å². The summed E-state index contributed by atoms with van der Waals surface area (Å²) in [6, 6.07) is 21.5. The van der Waals surface area contributed by atoms with Crippen molar-refractivity contribution in [3.63, 3.8) is 0 Å². The van der Waals surface area contributed by atoms with Gasteiger partial charge < -0.3 is 19.5 Å². The van der Waals surface area contributed by atoms with Crippen LogP contribution >= 0.6 is 38.6 Å². The number of nitriles is 2. The van der Waals surface area contributed by atoms with Gasteiger partial charge in [0.15, 0.2) is 12.2 Å². The molecule has 2 aliphatic carbocycles. The molecule has 2 aromatic heterocycles. The second kappa shape index (κ2) is 22.8. The summed E-state index contributed by atoms with van der Waals surface area (Å²) in [4.78, 5) is 7.93. The third-order valence-corrected chi connectivity index (χ3v) is 14.1. The first kappa shape index (κ1) is 56.0. The number of aryl methyl sites for hydroxylation is 2. The first-order valence-electron chi connectivity index (χ1n) is 21.4. The molecule has 0 spiro atoms. The fourth-order valence-corrected chi connectivity index (χ4v) is 9.63. The summed E-state index contributed by atoms with van der Waals surface area (Å²) in [6.45, 7) is 2.11. The summed E-state index contributed by atoms with van der Waals surface area (Å²) < 4.78 is 171. The number of nitrogens with zero attached hydrogens (tertiary/aromatic N) is 4. The van der Waals surface area contributed by atoms with Crippen LogP contribution in [0, 0.1) is 36.5 Å². The number of aromatic nitrogens is 2. The largest absolute Gasteiger partial charge is 0.454 e. The minimum Gasteiger partial charge on any atom is -0.427 e. The van der Waals surface area contributed by atoms with Gasteiger partial charge in [-0.1, -0.05) is 55.3 Å². The minimum atomic E-state index is -4.74. The lowest BCUT2D eigenvalue weighted by Crippen LogP contribution is -2.23. The molecule has 8 nitrogen and oxygen atoms in total. The van der Waals surface area contributed by atoms with Crippen LogP contribution in [0.2, 0.25) is 5.82 Å². The lowest BCUT2D eigenvalue weighted by Gasteiger charge is -2.20. The van der Waals surface area contributed by atoms with Gasteiger partial charge in [-0.05, 0) is 114 Å². The molecule has 2 fully saturated rings. The lowest BCUT2D eigenvalue weighted by molar-refractivity contribution is -0.226. The van der Waals surface area contributed by atoms with Crippen molar-refractivity contribution in [2.75, 3.05) is 0 Å². The molecule has 0 bridgehead atoms. The van der Waals surface area contributed by atoms with Crippen molar-refractivity contribution in [2.24, 2.45) is 0 Å². The summed E-state index contributed by atoms with van der Waals surface area (Å²) >= 11 is 4.63. The highest BCUT2D eigenvalue weighted by Gasteiger charge is 2.46. The van der Waals surface area contributed by atoms with Crippen molar-refractivity contribution in [3.05, 3.63) is 149 Å². The van der Waals surface area contributed by atoms with Crippen LogP contribution in [0.4, 0.5) is 52.7 Å². The number of hydrogen-bond donors (Lipinski definition) is 2. The van der Waals surface area contributed by atoms with E-state index in [2.05, 4.69) is 32.0 Å². The highest BCUT2D eigenvalue weighted by molar-refractivity contribution is 9.10. The van der Waals surface area contributed by atoms with Crippen LogP contribution in [0.1, 0.15) is 104 Å². The fourth-order valence-electron chi connectivity index (χ4n) is 6.82. The highest BCUT2D eigenvalue weighted by atomic mass is 79.9. The zero-order chi connectivity index (χ0) is 52.9. The molecule has 8 rings (SSSR count). The zero-order valence-electron chi connectivity index (χ0n) is 37.4. The Morgan fingerprint density at radius 3 is 1.35 bits per heavy atom. The average Bonchev–Trinajstić information content (AvgIpc) is 4.25. The van der Waals surface area contributed by atoms with Gasteiger partial charge >= 0.3 is 31.8 Å². The van der Waals surface area contributed by atoms with Gasteiger partial charge in [-0.15, -0.1) is 22.7 Å². The molecule has 0 amide bonds. The summed E-state index contributed by atoms with van der Waals surface area (Å²) in [5.74, 6) is 0.466. The Hall–Kier alpha value is -5.34. The molecule has 4 aromatic carbocycles. The van der Waals surface area contributed by atoms with Crippen molar-refractivity contribution >= 4 is 45.7 Å². The molecule has 72 heavy (non-hydrogen) atoms. The van der Waals surface area contributed by atoms with Gasteiger partial charge in [-0.3, -0.25) is 0 Å². The molecule has 0 aliphatic heterocycles. The Bertz CT molecular complexity index is 2900. The van der Waals surface area contributed by atoms with Gasteiger partial charge in [-0.2, -0.15) is 63.2 Å². The highest BCUT2D eigenvalue weighted by Crippen LogP contribution is 2.46. The maximum atomic E-state index is 13.9. The quantitative estimate of drug-likeness (QED) is 0.0915. The topological polar surface area (TPSA) is 132 Å². The molecule has 2 unspecified atom stereocenters. The van der Waals surface area contributed by atoms with Gasteiger partial charge in [0.1, 0.15) is 16.1 Å². The monoisotopic (exact) mass is 1120 g/mol. The SMILES string of the molecule is Cc1nc(-c2ccc(C(F)(F)F)cc2)sc1C(OCc1ccc(C#N)c(Br)c1)C(F)(F)F.Cc1nc(-c2ccc(C(F)(F)F)cc2)sc1C(OCc1ccc(C#N)c(C2CC2)c1)C(F)(F)F.OB(O)C1CC1. The summed E-state index contributed by atoms with van der Waals surface area (Å²) in [5, 5.41) is 35.0. The minimum absolute atomic E-state index is 0.0771. The zero-order valence-corrected chi connectivity index (χ0v) is 40.7. The first-order chi connectivity index (χ1) is 33.7. The van der Waals surface area contributed by atoms with Crippen LogP contribution in [-0.4, -0.2) is 39.5 Å². The van der Waals surface area contributed by atoms with Gasteiger partial charge in [0.2, 0.25) is 0 Å². The number of alkyl halides is 12. The Kier molecular flexibility index (Phi) is 17.7. The van der Waals surface area contributed by atoms with E-state index in [9.17, 15) is 57.9 Å². The molecule has 2 N–H and O–H groups in total. The summed E-state index contributed by atoms with van der Waals surface area (Å²) in [5.41, 5.74) is 1.65. The molecule has 6 aromatic rings. The van der Waals surface area contributed by atoms with Gasteiger partial charge in [-0.25, -0.2) is 9.97 Å². The van der Waals surface area contributed by atoms with Gasteiger partial charge in [0.05, 0.1) is 62.7 Å². The third-order valence-electron chi connectivity index (χ3n) is 10.9. The predicted molar refractivity (Wildman–Crippen MR) is 247 cm³/mol. The summed E-state index contributed by atoms with van der Waals surface area (Å²) in [6.07, 6.45) is -19.1. The molecule has 380 valence electrons. The van der Waals surface area contributed by atoms with E-state index in [4.69, 9.17) is 24.8 Å². The maximum absolute atomic E-state index is 13.9. The third kappa shape index (κ3) is 14.9. The molecule has 2 heterocycles. The molecule has 2 saturated carbocycles. The van der Waals surface area contributed by atoms with E-state index in [-0.39, 0.29) is 67.2 Å². The number of rotatable bonds is 12. The van der Waals surface area contributed by atoms with Gasteiger partial charge in [0.25, 0.3) is 0 Å². The molecule has 0 saturated heterocycles. The number of halogens is 13. The second-order valence-corrected chi connectivity index (χ2v) is 19.5. The second-order valence-electron chi connectivity index (χ2n) is 16.5. The summed E-state index contributed by atoms with van der Waals surface area (Å²) in [7, 11) is -1.04. The van der Waals surface area contributed by atoms with E-state index in [1.807, 2.05) is 6.07 Å². The van der Waals surface area contributed by atoms with Crippen molar-refractivity contribution in [3.8, 4) is 33.3 Å². The van der Waals surface area contributed by atoms with E-state index >= 15 is 0 Å². The molecule has 2 aliphatic rings. The first-order valence-corrected chi connectivity index (χ1v) is 23.8. The van der Waals surface area contributed by atoms with Crippen LogP contribution in [0.25, 0.3) is 21.1 Å². The fraction of sp³-hybridized carbons (Fsp3) is 0.333. The molecular formula is C48H38BBrF12N4O4S2. The van der Waals surface area contributed by atoms with E-state index in [0.717, 1.165) is 66.8 Å². The van der Waals surface area contributed by atoms with E-state index < -0.39 is 55.2 Å². The molecule has 24 heteroatoms. The van der Waals surface area contributed by atoms with Crippen LogP contribution in [0.5, 0.6) is 0 Å². The number of hydrogen-bond acceptors (Lipinski definition) is 10. The number of benzene rings is 4. The molecule has 2 atom stereocenters. The lowest BCUT2D eigenvalue weighted by atomic mass is 9.84. The number of thiazole rings is 2. The Morgan fingerprint density at radius 2 is 1.03 bits per heavy atom. The standard InChI is InChI=1S/C24H18F6N2OS.C21H13BrF6N2OS.C3H7BO2/c1-13-20(34-22(32-13)16-6-8-18(9-7-16)23(25,26)27)21(24(28,29)30)33-12-14-2-3-17(11-31)19(10-14)15-4-5-15;1-11-17(32-19(30-11)13-4-6-15(7-5-13)20(23,24)25)18(21(26,27)28)31-10-12-2-3-14(9-29)16(22)8-12;5-4(6)3-1-2-3/h2-3,6-10,15,21H,4-5,12H2,1H3;2-8,18H,10H2,1H3;3,5-6H,1-2H2. The normalized spacial score (nSPS) is 14.8. The van der Waals surface area contributed by atoms with Crippen molar-refractivity contribution in [1.82, 2.24) is 9.97 Å². The number of ether oxygens (including phenoxy) is 2. The Morgan fingerprint density at radius 1 is 0.625 bits per heavy atom. The van der Waals surface area contributed by atoms with Crippen molar-refractivity contribution in [1.29, 1.82) is 10.5 Å². The average molecular weight is 1120 g/mol. The van der Waals surface area contributed by atoms with Crippen LogP contribution in [0.3, 0.4) is 0 Å². The Labute approximate surface area is 420 Å². The maximum Gasteiger partial charge on any atom is 0.454 e. The Balaban J connectivity index is 0.000000211. The van der Waals surface area contributed by atoms with Crippen molar-refractivity contribution < 1.29 is 72.2 Å².